The van der Waals surface area contributed by atoms with E-state index in [0.29, 0.717) is 0 Å². The van der Waals surface area contributed by atoms with Crippen LogP contribution >= 0.6 is 0 Å². The second kappa shape index (κ2) is 13.7. The minimum atomic E-state index is -1.41. The zero-order valence-electron chi connectivity index (χ0n) is 19.1. The maximum Gasteiger partial charge on any atom is 0.307 e. The molecule has 0 bridgehead atoms. The summed E-state index contributed by atoms with van der Waals surface area (Å²) in [6, 6.07) is 0. The van der Waals surface area contributed by atoms with Crippen molar-refractivity contribution in [1.82, 2.24) is 0 Å². The van der Waals surface area contributed by atoms with Crippen LogP contribution in [0.5, 0.6) is 0 Å². The Bertz CT molecular complexity index is 675. The van der Waals surface area contributed by atoms with E-state index in [1.54, 1.807) is 34.6 Å². The number of hydrogen-bond donors (Lipinski definition) is 0. The summed E-state index contributed by atoms with van der Waals surface area (Å²) in [7, 11) is 0. The predicted octanol–water partition coefficient (Wildman–Crippen LogP) is 1.58. The molecular weight excluding hydrogens is 428 g/mol. The molecule has 1 fully saturated rings. The van der Waals surface area contributed by atoms with Crippen LogP contribution < -0.4 is 0 Å². The van der Waals surface area contributed by atoms with Gasteiger partial charge in [-0.1, -0.05) is 34.6 Å². The monoisotopic (exact) mass is 460 g/mol. The Balaban J connectivity index is 3.31. The smallest absolute Gasteiger partial charge is 0.307 e. The first-order chi connectivity index (χ1) is 15.2. The van der Waals surface area contributed by atoms with Gasteiger partial charge in [0.25, 0.3) is 0 Å². The van der Waals surface area contributed by atoms with E-state index in [4.69, 9.17) is 28.4 Å². The van der Waals surface area contributed by atoms with Crippen molar-refractivity contribution in [3.05, 3.63) is 0 Å². The fourth-order valence-corrected chi connectivity index (χ4v) is 2.71. The number of carbonyl (C=O) groups is 5. The minimum absolute atomic E-state index is 0.00130. The standard InChI is InChI=1S/C21H32O11/c1-6-13(22)27-11-12(28-14(23)7-2)18-19(29-15(24)8-3)20(30-16(25)9-4)21(32-18)31-17(26)10-5/h12,18-21H,6-11H2,1-5H3. The number of esters is 5. The summed E-state index contributed by atoms with van der Waals surface area (Å²) in [5.41, 5.74) is 0. The van der Waals surface area contributed by atoms with Gasteiger partial charge in [0.15, 0.2) is 12.2 Å². The van der Waals surface area contributed by atoms with Gasteiger partial charge in [0, 0.05) is 32.1 Å². The highest BCUT2D eigenvalue weighted by Gasteiger charge is 2.55. The number of ether oxygens (including phenoxy) is 6. The molecule has 1 aliphatic heterocycles. The average Bonchev–Trinajstić information content (AvgIpc) is 3.11. The van der Waals surface area contributed by atoms with Crippen LogP contribution in [-0.2, 0) is 52.4 Å². The Morgan fingerprint density at radius 3 is 1.62 bits per heavy atom. The van der Waals surface area contributed by atoms with Crippen LogP contribution in [0.15, 0.2) is 0 Å². The van der Waals surface area contributed by atoms with Gasteiger partial charge in [0.2, 0.25) is 12.4 Å². The third kappa shape index (κ3) is 8.10. The predicted molar refractivity (Wildman–Crippen MR) is 107 cm³/mol. The van der Waals surface area contributed by atoms with Gasteiger partial charge < -0.3 is 28.4 Å². The summed E-state index contributed by atoms with van der Waals surface area (Å²) in [6.45, 7) is 7.45. The van der Waals surface area contributed by atoms with Gasteiger partial charge in [0.1, 0.15) is 12.7 Å². The van der Waals surface area contributed by atoms with E-state index in [1.165, 1.54) is 0 Å². The topological polar surface area (TPSA) is 141 Å². The molecule has 0 spiro atoms. The van der Waals surface area contributed by atoms with Gasteiger partial charge in [-0.15, -0.1) is 0 Å². The maximum absolute atomic E-state index is 12.1. The van der Waals surface area contributed by atoms with E-state index in [9.17, 15) is 24.0 Å². The van der Waals surface area contributed by atoms with Gasteiger partial charge in [-0.05, 0) is 0 Å². The molecule has 1 heterocycles. The molecule has 0 aliphatic carbocycles. The fraction of sp³-hybridized carbons (Fsp3) is 0.762. The maximum atomic E-state index is 12.1. The summed E-state index contributed by atoms with van der Waals surface area (Å²) in [4.78, 5) is 59.7. The minimum Gasteiger partial charge on any atom is -0.462 e. The molecule has 0 aromatic carbocycles. The highest BCUT2D eigenvalue weighted by atomic mass is 16.8. The van der Waals surface area contributed by atoms with Crippen molar-refractivity contribution in [2.45, 2.75) is 97.4 Å². The van der Waals surface area contributed by atoms with Crippen molar-refractivity contribution in [3.63, 3.8) is 0 Å². The summed E-state index contributed by atoms with van der Waals surface area (Å²) in [5.74, 6) is -3.11. The van der Waals surface area contributed by atoms with E-state index in [0.717, 1.165) is 0 Å². The number of carbonyl (C=O) groups excluding carboxylic acids is 5. The first kappa shape index (κ1) is 27.3. The lowest BCUT2D eigenvalue weighted by Gasteiger charge is -2.28. The van der Waals surface area contributed by atoms with Crippen LogP contribution in [0, 0.1) is 0 Å². The molecular formula is C21H32O11. The van der Waals surface area contributed by atoms with Crippen molar-refractivity contribution in [2.24, 2.45) is 0 Å². The van der Waals surface area contributed by atoms with Crippen LogP contribution in [0.1, 0.15) is 66.7 Å². The lowest BCUT2D eigenvalue weighted by Crippen LogP contribution is -2.47. The molecule has 32 heavy (non-hydrogen) atoms. The second-order valence-corrected chi connectivity index (χ2v) is 6.85. The van der Waals surface area contributed by atoms with Gasteiger partial charge in [0.05, 0.1) is 0 Å². The highest BCUT2D eigenvalue weighted by molar-refractivity contribution is 5.72. The third-order valence-electron chi connectivity index (χ3n) is 4.49. The largest absolute Gasteiger partial charge is 0.462 e. The first-order valence-electron chi connectivity index (χ1n) is 10.8. The summed E-state index contributed by atoms with van der Waals surface area (Å²) in [5, 5.41) is 0. The van der Waals surface area contributed by atoms with E-state index in [1.807, 2.05) is 0 Å². The molecule has 0 aromatic rings. The Kier molecular flexibility index (Phi) is 11.7. The van der Waals surface area contributed by atoms with Crippen LogP contribution in [0.2, 0.25) is 0 Å². The van der Waals surface area contributed by atoms with Gasteiger partial charge in [-0.25, -0.2) is 0 Å². The molecule has 11 nitrogen and oxygen atoms in total. The van der Waals surface area contributed by atoms with Crippen LogP contribution in [0.3, 0.4) is 0 Å². The van der Waals surface area contributed by atoms with Gasteiger partial charge in [-0.2, -0.15) is 0 Å². The molecule has 0 aromatic heterocycles. The molecule has 0 radical (unpaired) electrons. The van der Waals surface area contributed by atoms with E-state index < -0.39 is 67.2 Å². The molecule has 1 saturated heterocycles. The van der Waals surface area contributed by atoms with Crippen LogP contribution in [-0.4, -0.2) is 67.2 Å². The molecule has 182 valence electrons. The van der Waals surface area contributed by atoms with Gasteiger partial charge >= 0.3 is 29.8 Å². The zero-order valence-corrected chi connectivity index (χ0v) is 19.1. The van der Waals surface area contributed by atoms with Crippen molar-refractivity contribution >= 4 is 29.8 Å². The summed E-state index contributed by atoms with van der Waals surface area (Å²) < 4.78 is 32.3. The van der Waals surface area contributed by atoms with E-state index >= 15 is 0 Å². The molecule has 1 aliphatic rings. The van der Waals surface area contributed by atoms with Crippen molar-refractivity contribution < 1.29 is 52.4 Å². The van der Waals surface area contributed by atoms with Crippen LogP contribution in [0.25, 0.3) is 0 Å². The van der Waals surface area contributed by atoms with Crippen molar-refractivity contribution in [3.8, 4) is 0 Å². The molecule has 11 heteroatoms. The highest BCUT2D eigenvalue weighted by Crippen LogP contribution is 2.32. The van der Waals surface area contributed by atoms with Crippen molar-refractivity contribution in [2.75, 3.05) is 6.61 Å². The van der Waals surface area contributed by atoms with Crippen LogP contribution in [0.4, 0.5) is 0 Å². The SMILES string of the molecule is CCC(=O)OCC(OC(=O)CC)C1OC(OC(=O)CC)C(OC(=O)CC)C1OC(=O)CC. The van der Waals surface area contributed by atoms with Gasteiger partial charge in [-0.3, -0.25) is 24.0 Å². The lowest BCUT2D eigenvalue weighted by atomic mass is 10.1. The molecule has 0 amide bonds. The Labute approximate surface area is 187 Å². The lowest BCUT2D eigenvalue weighted by molar-refractivity contribution is -0.205. The first-order valence-corrected chi connectivity index (χ1v) is 10.8. The Morgan fingerprint density at radius 2 is 1.12 bits per heavy atom. The molecule has 1 rings (SSSR count). The zero-order chi connectivity index (χ0) is 24.3. The quantitative estimate of drug-likeness (QED) is 0.309. The van der Waals surface area contributed by atoms with E-state index in [-0.39, 0.29) is 32.1 Å². The molecule has 0 N–H and O–H groups in total. The number of rotatable bonds is 12. The van der Waals surface area contributed by atoms with E-state index in [2.05, 4.69) is 0 Å². The molecule has 0 saturated carbocycles. The second-order valence-electron chi connectivity index (χ2n) is 6.85. The Morgan fingerprint density at radius 1 is 0.656 bits per heavy atom. The summed E-state index contributed by atoms with van der Waals surface area (Å²) in [6.07, 6.45) is -6.30. The summed E-state index contributed by atoms with van der Waals surface area (Å²) >= 11 is 0. The molecule has 5 atom stereocenters. The fourth-order valence-electron chi connectivity index (χ4n) is 2.71. The number of hydrogen-bond acceptors (Lipinski definition) is 11. The molecule has 5 unspecified atom stereocenters. The normalized spacial score (nSPS) is 23.0. The Hall–Kier alpha value is -2.69. The third-order valence-corrected chi connectivity index (χ3v) is 4.49. The average molecular weight is 460 g/mol. The van der Waals surface area contributed by atoms with Crippen molar-refractivity contribution in [1.29, 1.82) is 0 Å².